The van der Waals surface area contributed by atoms with Crippen LogP contribution in [0.2, 0.25) is 0 Å². The molecule has 0 spiro atoms. The maximum Gasteiger partial charge on any atom is 0.323 e. The number of benzene rings is 4. The van der Waals surface area contributed by atoms with Crippen LogP contribution in [0.1, 0.15) is 13.8 Å². The van der Waals surface area contributed by atoms with Gasteiger partial charge in [0.25, 0.3) is 5.91 Å². The van der Waals surface area contributed by atoms with Crippen molar-refractivity contribution < 1.29 is 28.7 Å². The summed E-state index contributed by atoms with van der Waals surface area (Å²) >= 11 is 0. The van der Waals surface area contributed by atoms with E-state index in [1.54, 1.807) is 84.9 Å². The highest BCUT2D eigenvalue weighted by molar-refractivity contribution is 6.17. The number of amides is 2. The Balaban J connectivity index is 1.06. The van der Waals surface area contributed by atoms with Gasteiger partial charge in [-0.2, -0.15) is 10.2 Å². The standard InChI is InChI=1S/C37H33N9O8/c1-20(47)24(34(49)39-22-11-13-25-29(17-22)43-36(51)41-25)19-38-27-7-3-5-9-31(27)53-15-16-54-32-10-6-4-8-28(32)45-46-33(21(2)48)35(50)40-23-12-14-26-30(18-23)44-37(52)42-26/h3-14,17-19,24,33H,15-16H2,1-2H3,(H,39,49)(H,40,50)(H2,41,43,51)(H2,42,44,52)/b38-19+,46-45+. The summed E-state index contributed by atoms with van der Waals surface area (Å²) in [5.41, 5.74) is 2.72. The van der Waals surface area contributed by atoms with Gasteiger partial charge in [0.2, 0.25) is 11.9 Å². The van der Waals surface area contributed by atoms with Crippen molar-refractivity contribution in [1.82, 2.24) is 19.9 Å². The van der Waals surface area contributed by atoms with Crippen LogP contribution >= 0.6 is 0 Å². The number of H-pyrrole nitrogens is 4. The van der Waals surface area contributed by atoms with E-state index in [0.29, 0.717) is 50.6 Å². The number of Topliss-reactive ketones (excluding diaryl/α,β-unsaturated/α-hetero) is 2. The molecule has 2 heterocycles. The number of azo groups is 1. The van der Waals surface area contributed by atoms with E-state index in [-0.39, 0.29) is 24.6 Å². The number of para-hydroxylation sites is 3. The highest BCUT2D eigenvalue weighted by atomic mass is 16.5. The number of ether oxygens (including phenoxy) is 2. The highest BCUT2D eigenvalue weighted by Gasteiger charge is 2.24. The van der Waals surface area contributed by atoms with Gasteiger partial charge in [-0.05, 0) is 74.5 Å². The fourth-order valence-electron chi connectivity index (χ4n) is 5.25. The number of imidazole rings is 2. The normalized spacial score (nSPS) is 12.6. The number of hydrogen-bond donors (Lipinski definition) is 6. The predicted molar refractivity (Wildman–Crippen MR) is 200 cm³/mol. The molecule has 0 aliphatic heterocycles. The number of nitrogens with zero attached hydrogens (tertiary/aromatic N) is 3. The van der Waals surface area contributed by atoms with E-state index in [4.69, 9.17) is 9.47 Å². The highest BCUT2D eigenvalue weighted by Crippen LogP contribution is 2.29. The van der Waals surface area contributed by atoms with Crippen LogP contribution in [0.15, 0.2) is 110 Å². The van der Waals surface area contributed by atoms with Crippen LogP contribution in [-0.2, 0) is 19.2 Å². The third kappa shape index (κ3) is 8.89. The van der Waals surface area contributed by atoms with Crippen LogP contribution in [-0.4, -0.2) is 68.8 Å². The minimum Gasteiger partial charge on any atom is -0.488 e. The fourth-order valence-corrected chi connectivity index (χ4v) is 5.25. The van der Waals surface area contributed by atoms with Gasteiger partial charge in [-0.25, -0.2) is 9.59 Å². The lowest BCUT2D eigenvalue weighted by molar-refractivity contribution is -0.128. The van der Waals surface area contributed by atoms with Crippen LogP contribution in [0, 0.1) is 5.92 Å². The second-order valence-corrected chi connectivity index (χ2v) is 11.9. The molecule has 4 aromatic carbocycles. The van der Waals surface area contributed by atoms with E-state index in [1.165, 1.54) is 20.1 Å². The zero-order valence-electron chi connectivity index (χ0n) is 28.8. The summed E-state index contributed by atoms with van der Waals surface area (Å²) in [5.74, 6) is -2.80. The van der Waals surface area contributed by atoms with Crippen LogP contribution < -0.4 is 31.5 Å². The Morgan fingerprint density at radius 2 is 1.15 bits per heavy atom. The number of aromatic amines is 4. The summed E-state index contributed by atoms with van der Waals surface area (Å²) in [4.78, 5) is 88.7. The molecule has 2 aromatic heterocycles. The maximum absolute atomic E-state index is 13.0. The Labute approximate surface area is 304 Å². The number of hydrogen-bond acceptors (Lipinski definition) is 11. The van der Waals surface area contributed by atoms with Gasteiger partial charge in [-0.15, -0.1) is 0 Å². The molecule has 2 amide bonds. The zero-order valence-corrected chi connectivity index (χ0v) is 28.8. The summed E-state index contributed by atoms with van der Waals surface area (Å²) < 4.78 is 11.8. The zero-order chi connectivity index (χ0) is 38.2. The average molecular weight is 732 g/mol. The van der Waals surface area contributed by atoms with E-state index < -0.39 is 41.0 Å². The molecule has 2 atom stereocenters. The van der Waals surface area contributed by atoms with Crippen molar-refractivity contribution in [2.75, 3.05) is 23.8 Å². The molecule has 0 saturated carbocycles. The Kier molecular flexibility index (Phi) is 11.0. The predicted octanol–water partition coefficient (Wildman–Crippen LogP) is 4.71. The van der Waals surface area contributed by atoms with Crippen molar-refractivity contribution in [2.45, 2.75) is 19.9 Å². The molecule has 6 aromatic rings. The lowest BCUT2D eigenvalue weighted by Gasteiger charge is -2.13. The lowest BCUT2D eigenvalue weighted by atomic mass is 10.1. The van der Waals surface area contributed by atoms with Crippen molar-refractivity contribution in [2.24, 2.45) is 21.1 Å². The molecular weight excluding hydrogens is 698 g/mol. The van der Waals surface area contributed by atoms with Crippen LogP contribution in [0.4, 0.5) is 22.7 Å². The van der Waals surface area contributed by atoms with Gasteiger partial charge >= 0.3 is 11.4 Å². The number of rotatable bonds is 15. The topological polar surface area (TPSA) is 245 Å². The van der Waals surface area contributed by atoms with Gasteiger partial charge in [0.1, 0.15) is 47.8 Å². The first kappa shape index (κ1) is 36.4. The molecule has 6 N–H and O–H groups in total. The largest absolute Gasteiger partial charge is 0.488 e. The van der Waals surface area contributed by atoms with Gasteiger partial charge in [0.15, 0.2) is 5.78 Å². The van der Waals surface area contributed by atoms with Gasteiger partial charge in [0.05, 0.1) is 22.1 Å². The molecule has 274 valence electrons. The molecule has 0 aliphatic carbocycles. The van der Waals surface area contributed by atoms with Crippen molar-refractivity contribution in [3.05, 3.63) is 106 Å². The minimum absolute atomic E-state index is 0.0557. The Morgan fingerprint density at radius 1 is 0.648 bits per heavy atom. The second-order valence-electron chi connectivity index (χ2n) is 11.9. The SMILES string of the molecule is CC(=O)C(/C=N/c1ccccc1OCCOc1ccccc1/N=N/C(C(C)=O)C(=O)Nc1ccc2[nH]c(=O)[nH]c2c1)C(=O)Nc1ccc2[nH]c(=O)[nH]c2c1. The molecule has 54 heavy (non-hydrogen) atoms. The van der Waals surface area contributed by atoms with Crippen LogP contribution in [0.3, 0.4) is 0 Å². The van der Waals surface area contributed by atoms with Crippen molar-refractivity contribution in [3.63, 3.8) is 0 Å². The van der Waals surface area contributed by atoms with Gasteiger partial charge in [-0.1, -0.05) is 24.3 Å². The van der Waals surface area contributed by atoms with Gasteiger partial charge in [-0.3, -0.25) is 24.2 Å². The van der Waals surface area contributed by atoms with E-state index >= 15 is 0 Å². The summed E-state index contributed by atoms with van der Waals surface area (Å²) in [6, 6.07) is 21.6. The van der Waals surface area contributed by atoms with E-state index in [9.17, 15) is 28.8 Å². The number of anilines is 2. The molecule has 2 unspecified atom stereocenters. The second kappa shape index (κ2) is 16.3. The quantitative estimate of drug-likeness (QED) is 0.0373. The molecule has 0 bridgehead atoms. The molecule has 17 heteroatoms. The fraction of sp³-hybridized carbons (Fsp3) is 0.162. The Hall–Kier alpha value is -7.43. The average Bonchev–Trinajstić information content (AvgIpc) is 3.70. The number of fused-ring (bicyclic) bond motifs is 2. The lowest BCUT2D eigenvalue weighted by Crippen LogP contribution is -2.31. The minimum atomic E-state index is -1.45. The van der Waals surface area contributed by atoms with Crippen molar-refractivity contribution >= 4 is 74.4 Å². The number of aromatic nitrogens is 4. The molecule has 17 nitrogen and oxygen atoms in total. The molecule has 0 aliphatic rings. The number of ketones is 2. The number of aliphatic imine (C=N–C) groups is 1. The number of carbonyl (C=O) groups is 4. The van der Waals surface area contributed by atoms with Gasteiger partial charge in [0, 0.05) is 17.6 Å². The molecule has 6 rings (SSSR count). The van der Waals surface area contributed by atoms with Gasteiger partial charge < -0.3 is 40.0 Å². The van der Waals surface area contributed by atoms with E-state index in [1.807, 2.05) is 0 Å². The van der Waals surface area contributed by atoms with Crippen LogP contribution in [0.5, 0.6) is 11.5 Å². The van der Waals surface area contributed by atoms with Crippen molar-refractivity contribution in [3.8, 4) is 11.5 Å². The van der Waals surface area contributed by atoms with Crippen molar-refractivity contribution in [1.29, 1.82) is 0 Å². The summed E-state index contributed by atoms with van der Waals surface area (Å²) in [6.07, 6.45) is 1.24. The maximum atomic E-state index is 13.0. The molecule has 0 fully saturated rings. The first-order chi connectivity index (χ1) is 26.0. The molecule has 0 saturated heterocycles. The summed E-state index contributed by atoms with van der Waals surface area (Å²) in [5, 5.41) is 13.4. The number of nitrogens with one attached hydrogen (secondary N) is 6. The summed E-state index contributed by atoms with van der Waals surface area (Å²) in [6.45, 7) is 2.63. The monoisotopic (exact) mass is 731 g/mol. The Bertz CT molecular complexity index is 2370. The molecular formula is C37H33N9O8. The third-order valence-electron chi connectivity index (χ3n) is 7.89. The van der Waals surface area contributed by atoms with E-state index in [0.717, 1.165) is 0 Å². The summed E-state index contributed by atoms with van der Waals surface area (Å²) in [7, 11) is 0. The first-order valence-corrected chi connectivity index (χ1v) is 16.5. The smallest absolute Gasteiger partial charge is 0.323 e. The first-order valence-electron chi connectivity index (χ1n) is 16.5. The van der Waals surface area contributed by atoms with Crippen LogP contribution in [0.25, 0.3) is 22.1 Å². The van der Waals surface area contributed by atoms with E-state index in [2.05, 4.69) is 45.8 Å². The third-order valence-corrected chi connectivity index (χ3v) is 7.89. The Morgan fingerprint density at radius 3 is 1.70 bits per heavy atom. The molecule has 0 radical (unpaired) electrons. The number of carbonyl (C=O) groups excluding carboxylic acids is 4.